The van der Waals surface area contributed by atoms with Crippen molar-refractivity contribution in [3.63, 3.8) is 0 Å². The largest absolute Gasteiger partial charge is 0.496 e. The summed E-state index contributed by atoms with van der Waals surface area (Å²) >= 11 is 0. The maximum absolute atomic E-state index is 5.50. The zero-order valence-corrected chi connectivity index (χ0v) is 9.83. The summed E-state index contributed by atoms with van der Waals surface area (Å²) in [5.74, 6) is 1.06. The zero-order valence-electron chi connectivity index (χ0n) is 9.83. The monoisotopic (exact) mass is 217 g/mol. The van der Waals surface area contributed by atoms with Gasteiger partial charge in [-0.1, -0.05) is 18.2 Å². The predicted molar refractivity (Wildman–Crippen MR) is 64.9 cm³/mol. The fourth-order valence-electron chi connectivity index (χ4n) is 3.15. The van der Waals surface area contributed by atoms with Crippen LogP contribution in [0.15, 0.2) is 24.3 Å². The third kappa shape index (κ3) is 1.44. The standard InChI is InChI=1S/C14H19NO/c1-16-12-6-3-2-5-11(12)14(8-9-14)13-7-4-10-15-13/h2-3,5-6,13,15H,4,7-10H2,1H3. The lowest BCUT2D eigenvalue weighted by Gasteiger charge is -2.25. The molecule has 2 heteroatoms. The van der Waals surface area contributed by atoms with Crippen LogP contribution in [-0.2, 0) is 5.41 Å². The van der Waals surface area contributed by atoms with Crippen molar-refractivity contribution in [3.05, 3.63) is 29.8 Å². The number of benzene rings is 1. The highest BCUT2D eigenvalue weighted by Crippen LogP contribution is 2.55. The van der Waals surface area contributed by atoms with Crippen molar-refractivity contribution in [3.8, 4) is 5.75 Å². The minimum atomic E-state index is 0.378. The Hall–Kier alpha value is -1.02. The molecule has 1 saturated heterocycles. The van der Waals surface area contributed by atoms with E-state index >= 15 is 0 Å². The number of ether oxygens (including phenoxy) is 1. The van der Waals surface area contributed by atoms with Crippen molar-refractivity contribution in [2.45, 2.75) is 37.1 Å². The Morgan fingerprint density at radius 3 is 2.75 bits per heavy atom. The molecule has 0 bridgehead atoms. The molecule has 2 aliphatic rings. The quantitative estimate of drug-likeness (QED) is 0.840. The summed E-state index contributed by atoms with van der Waals surface area (Å²) in [6, 6.07) is 9.19. The normalized spacial score (nSPS) is 26.7. The molecule has 16 heavy (non-hydrogen) atoms. The molecule has 0 aromatic heterocycles. The molecule has 2 fully saturated rings. The second-order valence-corrected chi connectivity index (χ2v) is 5.01. The van der Waals surface area contributed by atoms with E-state index in [2.05, 4.69) is 29.6 Å². The highest BCUT2D eigenvalue weighted by molar-refractivity contribution is 5.45. The minimum absolute atomic E-state index is 0.378. The van der Waals surface area contributed by atoms with Gasteiger partial charge in [0, 0.05) is 17.0 Å². The van der Waals surface area contributed by atoms with Gasteiger partial charge in [-0.3, -0.25) is 0 Å². The lowest BCUT2D eigenvalue weighted by Crippen LogP contribution is -2.35. The Labute approximate surface area is 97.0 Å². The van der Waals surface area contributed by atoms with Gasteiger partial charge in [0.15, 0.2) is 0 Å². The van der Waals surface area contributed by atoms with Gasteiger partial charge in [0.05, 0.1) is 7.11 Å². The fraction of sp³-hybridized carbons (Fsp3) is 0.571. The molecule has 1 heterocycles. The van der Waals surface area contributed by atoms with Crippen LogP contribution in [0.4, 0.5) is 0 Å². The summed E-state index contributed by atoms with van der Waals surface area (Å²) in [6.45, 7) is 1.18. The van der Waals surface area contributed by atoms with E-state index < -0.39 is 0 Å². The smallest absolute Gasteiger partial charge is 0.122 e. The zero-order chi connectivity index (χ0) is 11.0. The van der Waals surface area contributed by atoms with Crippen molar-refractivity contribution in [2.75, 3.05) is 13.7 Å². The molecular formula is C14H19NO. The summed E-state index contributed by atoms with van der Waals surface area (Å²) < 4.78 is 5.50. The van der Waals surface area contributed by atoms with E-state index in [1.807, 2.05) is 0 Å². The Morgan fingerprint density at radius 1 is 1.31 bits per heavy atom. The van der Waals surface area contributed by atoms with Gasteiger partial charge < -0.3 is 10.1 Å². The first-order chi connectivity index (χ1) is 7.87. The third-order valence-electron chi connectivity index (χ3n) is 4.16. The summed E-state index contributed by atoms with van der Waals surface area (Å²) in [5.41, 5.74) is 1.79. The van der Waals surface area contributed by atoms with E-state index in [-0.39, 0.29) is 0 Å². The van der Waals surface area contributed by atoms with Crippen molar-refractivity contribution in [1.29, 1.82) is 0 Å². The topological polar surface area (TPSA) is 21.3 Å². The number of hydrogen-bond donors (Lipinski definition) is 1. The lowest BCUT2D eigenvalue weighted by atomic mass is 9.86. The second-order valence-electron chi connectivity index (χ2n) is 5.01. The van der Waals surface area contributed by atoms with E-state index in [9.17, 15) is 0 Å². The van der Waals surface area contributed by atoms with E-state index in [1.165, 1.54) is 37.8 Å². The molecule has 0 spiro atoms. The molecule has 1 unspecified atom stereocenters. The van der Waals surface area contributed by atoms with Crippen LogP contribution in [0.1, 0.15) is 31.2 Å². The SMILES string of the molecule is COc1ccccc1C1(C2CCCN2)CC1. The van der Waals surface area contributed by atoms with Crippen LogP contribution in [0.25, 0.3) is 0 Å². The average Bonchev–Trinajstić information content (AvgIpc) is 2.96. The van der Waals surface area contributed by atoms with Gasteiger partial charge in [0.25, 0.3) is 0 Å². The van der Waals surface area contributed by atoms with Gasteiger partial charge in [-0.05, 0) is 38.3 Å². The van der Waals surface area contributed by atoms with Gasteiger partial charge in [-0.25, -0.2) is 0 Å². The lowest BCUT2D eigenvalue weighted by molar-refractivity contribution is 0.390. The molecule has 1 atom stereocenters. The van der Waals surface area contributed by atoms with Crippen LogP contribution in [0.2, 0.25) is 0 Å². The molecule has 1 aromatic carbocycles. The predicted octanol–water partition coefficient (Wildman–Crippen LogP) is 2.48. The first-order valence-corrected chi connectivity index (χ1v) is 6.24. The van der Waals surface area contributed by atoms with Gasteiger partial charge in [-0.2, -0.15) is 0 Å². The Bertz CT molecular complexity index is 378. The number of hydrogen-bond acceptors (Lipinski definition) is 2. The summed E-state index contributed by atoms with van der Waals surface area (Å²) in [4.78, 5) is 0. The Kier molecular flexibility index (Phi) is 2.40. The third-order valence-corrected chi connectivity index (χ3v) is 4.16. The van der Waals surface area contributed by atoms with Gasteiger partial charge in [-0.15, -0.1) is 0 Å². The summed E-state index contributed by atoms with van der Waals surface area (Å²) in [5, 5.41) is 3.65. The van der Waals surface area contributed by atoms with E-state index in [0.29, 0.717) is 11.5 Å². The van der Waals surface area contributed by atoms with Crippen LogP contribution in [0.3, 0.4) is 0 Å². The highest BCUT2D eigenvalue weighted by atomic mass is 16.5. The molecule has 0 radical (unpaired) electrons. The van der Waals surface area contributed by atoms with Gasteiger partial charge >= 0.3 is 0 Å². The fourth-order valence-corrected chi connectivity index (χ4v) is 3.15. The van der Waals surface area contributed by atoms with Crippen LogP contribution < -0.4 is 10.1 Å². The van der Waals surface area contributed by atoms with Crippen molar-refractivity contribution >= 4 is 0 Å². The second kappa shape index (κ2) is 3.77. The highest BCUT2D eigenvalue weighted by Gasteiger charge is 2.52. The molecule has 0 amide bonds. The maximum atomic E-state index is 5.50. The number of methoxy groups -OCH3 is 1. The molecular weight excluding hydrogens is 198 g/mol. The van der Waals surface area contributed by atoms with E-state index in [1.54, 1.807) is 7.11 Å². The summed E-state index contributed by atoms with van der Waals surface area (Å²) in [6.07, 6.45) is 5.26. The number of rotatable bonds is 3. The van der Waals surface area contributed by atoms with Crippen molar-refractivity contribution in [2.24, 2.45) is 0 Å². The van der Waals surface area contributed by atoms with Crippen LogP contribution >= 0.6 is 0 Å². The van der Waals surface area contributed by atoms with Gasteiger partial charge in [0.1, 0.15) is 5.75 Å². The first kappa shape index (κ1) is 10.2. The Balaban J connectivity index is 1.96. The molecule has 1 aliphatic heterocycles. The molecule has 3 rings (SSSR count). The van der Waals surface area contributed by atoms with Crippen LogP contribution in [-0.4, -0.2) is 19.7 Å². The molecule has 2 nitrogen and oxygen atoms in total. The van der Waals surface area contributed by atoms with Crippen LogP contribution in [0, 0.1) is 0 Å². The van der Waals surface area contributed by atoms with Crippen molar-refractivity contribution in [1.82, 2.24) is 5.32 Å². The van der Waals surface area contributed by atoms with E-state index in [4.69, 9.17) is 4.74 Å². The van der Waals surface area contributed by atoms with Crippen LogP contribution in [0.5, 0.6) is 5.75 Å². The molecule has 1 N–H and O–H groups in total. The molecule has 86 valence electrons. The molecule has 1 aliphatic carbocycles. The average molecular weight is 217 g/mol. The maximum Gasteiger partial charge on any atom is 0.122 e. The van der Waals surface area contributed by atoms with E-state index in [0.717, 1.165) is 5.75 Å². The molecule has 1 aromatic rings. The number of nitrogens with one attached hydrogen (secondary N) is 1. The first-order valence-electron chi connectivity index (χ1n) is 6.24. The number of para-hydroxylation sites is 1. The molecule has 1 saturated carbocycles. The van der Waals surface area contributed by atoms with Crippen molar-refractivity contribution < 1.29 is 4.74 Å². The minimum Gasteiger partial charge on any atom is -0.496 e. The Morgan fingerprint density at radius 2 is 2.12 bits per heavy atom. The summed E-state index contributed by atoms with van der Waals surface area (Å²) in [7, 11) is 1.77. The van der Waals surface area contributed by atoms with Gasteiger partial charge in [0.2, 0.25) is 0 Å².